The zero-order chi connectivity index (χ0) is 28.0. The molecule has 4 unspecified atom stereocenters. The van der Waals surface area contributed by atoms with Crippen LogP contribution in [-0.2, 0) is 18.3 Å². The van der Waals surface area contributed by atoms with Gasteiger partial charge in [0.05, 0.1) is 18.2 Å². The minimum absolute atomic E-state index is 0.0672. The van der Waals surface area contributed by atoms with Gasteiger partial charge in [0.1, 0.15) is 24.0 Å². The summed E-state index contributed by atoms with van der Waals surface area (Å²) in [5.74, 6) is 0.794. The van der Waals surface area contributed by atoms with Crippen LogP contribution in [0.2, 0.25) is 5.02 Å². The number of aliphatic hydroxyl groups excluding tert-OH is 1. The zero-order valence-corrected chi connectivity index (χ0v) is 24.4. The average molecular weight is 622 g/mol. The summed E-state index contributed by atoms with van der Waals surface area (Å²) in [7, 11) is 1.63. The first-order valence-electron chi connectivity index (χ1n) is 12.3. The number of aliphatic hydroxyl groups is 1. The Bertz CT molecular complexity index is 1640. The van der Waals surface area contributed by atoms with E-state index in [0.717, 1.165) is 10.5 Å². The van der Waals surface area contributed by atoms with Crippen molar-refractivity contribution >= 4 is 59.7 Å². The number of aromatic nitrogens is 3. The third-order valence-electron chi connectivity index (χ3n) is 6.67. The van der Waals surface area contributed by atoms with Crippen LogP contribution in [0.3, 0.4) is 0 Å². The normalized spacial score (nSPS) is 26.1. The van der Waals surface area contributed by atoms with Crippen molar-refractivity contribution in [2.75, 3.05) is 29.7 Å². The first-order valence-corrected chi connectivity index (χ1v) is 16.3. The number of rotatable bonds is 7. The maximum absolute atomic E-state index is 13.7. The average Bonchev–Trinajstić information content (AvgIpc) is 3.52. The van der Waals surface area contributed by atoms with Gasteiger partial charge in [-0.15, -0.1) is 11.8 Å². The van der Waals surface area contributed by atoms with E-state index in [1.165, 1.54) is 16.2 Å². The maximum Gasteiger partial charge on any atom is 0.386 e. The lowest BCUT2D eigenvalue weighted by atomic mass is 10.1. The van der Waals surface area contributed by atoms with Crippen LogP contribution in [0, 0.1) is 0 Å². The predicted octanol–water partition coefficient (Wildman–Crippen LogP) is 4.48. The molecule has 2 aromatic carbocycles. The van der Waals surface area contributed by atoms with Gasteiger partial charge in [-0.3, -0.25) is 13.8 Å². The topological polar surface area (TPSA) is 130 Å². The van der Waals surface area contributed by atoms with Gasteiger partial charge < -0.3 is 25.0 Å². The van der Waals surface area contributed by atoms with Crippen LogP contribution in [0.4, 0.5) is 11.5 Å². The van der Waals surface area contributed by atoms with Crippen molar-refractivity contribution in [1.29, 1.82) is 0 Å². The number of hydrogen-bond acceptors (Lipinski definition) is 10. The number of nitrogens with zero attached hydrogens (tertiary/aromatic N) is 3. The van der Waals surface area contributed by atoms with Crippen LogP contribution in [0.25, 0.3) is 17.0 Å². The summed E-state index contributed by atoms with van der Waals surface area (Å²) in [4.78, 5) is 24.3. The molecule has 2 aliphatic rings. The highest BCUT2D eigenvalue weighted by molar-refractivity contribution is 8.44. The molecule has 2 aliphatic heterocycles. The minimum atomic E-state index is -3.64. The largest absolute Gasteiger partial charge is 0.386 e. The molecule has 210 valence electrons. The van der Waals surface area contributed by atoms with E-state index in [-0.39, 0.29) is 29.5 Å². The summed E-state index contributed by atoms with van der Waals surface area (Å²) in [5.41, 5.74) is 1.47. The summed E-state index contributed by atoms with van der Waals surface area (Å²) in [6.45, 7) is -3.71. The van der Waals surface area contributed by atoms with Crippen molar-refractivity contribution in [3.05, 3.63) is 76.2 Å². The third-order valence-corrected chi connectivity index (χ3v) is 9.54. The molecule has 0 saturated carbocycles. The van der Waals surface area contributed by atoms with Crippen LogP contribution in [0.1, 0.15) is 0 Å². The van der Waals surface area contributed by atoms with E-state index in [2.05, 4.69) is 22.5 Å². The Hall–Kier alpha value is -2.48. The maximum atomic E-state index is 13.7. The Morgan fingerprint density at radius 1 is 1.27 bits per heavy atom. The van der Waals surface area contributed by atoms with Gasteiger partial charge in [-0.25, -0.2) is 8.97 Å². The summed E-state index contributed by atoms with van der Waals surface area (Å²) in [6, 6.07) is 16.9. The summed E-state index contributed by atoms with van der Waals surface area (Å²) in [6.07, 6.45) is -2.19. The van der Waals surface area contributed by atoms with Crippen molar-refractivity contribution in [2.45, 2.75) is 29.4 Å². The molecule has 4 aromatic rings. The zero-order valence-electron chi connectivity index (χ0n) is 21.0. The second-order valence-corrected chi connectivity index (χ2v) is 13.5. The number of halogens is 1. The second-order valence-electron chi connectivity index (χ2n) is 9.18. The molecule has 11 nitrogen and oxygen atoms in total. The van der Waals surface area contributed by atoms with Gasteiger partial charge in [0.2, 0.25) is 5.78 Å². The summed E-state index contributed by atoms with van der Waals surface area (Å²) < 4.78 is 30.7. The Balaban J connectivity index is 1.43. The Morgan fingerprint density at radius 3 is 2.75 bits per heavy atom. The molecule has 0 bridgehead atoms. The molecule has 0 aliphatic carbocycles. The molecule has 2 aromatic heterocycles. The highest BCUT2D eigenvalue weighted by atomic mass is 35.5. The molecule has 5 atom stereocenters. The van der Waals surface area contributed by atoms with E-state index < -0.39 is 31.3 Å². The van der Waals surface area contributed by atoms with Crippen LogP contribution in [0.5, 0.6) is 0 Å². The second kappa shape index (κ2) is 11.1. The lowest BCUT2D eigenvalue weighted by Crippen LogP contribution is -2.46. The number of fused-ring (bicyclic) bond motifs is 2. The quantitative estimate of drug-likeness (QED) is 0.101. The first kappa shape index (κ1) is 27.7. The molecule has 2 saturated heterocycles. The van der Waals surface area contributed by atoms with Gasteiger partial charge >= 0.3 is 6.80 Å². The molecule has 3 N–H and O–H groups in total. The molecule has 0 radical (unpaired) electrons. The number of ether oxygens (including phenoxy) is 1. The van der Waals surface area contributed by atoms with Gasteiger partial charge in [0.15, 0.2) is 12.0 Å². The predicted molar refractivity (Wildman–Crippen MR) is 158 cm³/mol. The van der Waals surface area contributed by atoms with Crippen LogP contribution >= 0.6 is 42.4 Å². The number of benzene rings is 2. The van der Waals surface area contributed by atoms with Gasteiger partial charge in [-0.05, 0) is 29.8 Å². The highest BCUT2D eigenvalue weighted by Crippen LogP contribution is 2.58. The van der Waals surface area contributed by atoms with Crippen LogP contribution in [0.15, 0.2) is 70.5 Å². The van der Waals surface area contributed by atoms with Crippen molar-refractivity contribution in [1.82, 2.24) is 14.4 Å². The van der Waals surface area contributed by atoms with Gasteiger partial charge in [-0.2, -0.15) is 4.98 Å². The monoisotopic (exact) mass is 621 g/mol. The number of thiol groups is 1. The lowest BCUT2D eigenvalue weighted by molar-refractivity contribution is -0.0360. The van der Waals surface area contributed by atoms with Crippen molar-refractivity contribution in [2.24, 2.45) is 0 Å². The lowest BCUT2D eigenvalue weighted by Gasteiger charge is -2.32. The van der Waals surface area contributed by atoms with E-state index in [0.29, 0.717) is 16.5 Å². The summed E-state index contributed by atoms with van der Waals surface area (Å²) >= 11 is 11.4. The Kier molecular flexibility index (Phi) is 7.66. The molecular weight excluding hydrogens is 597 g/mol. The van der Waals surface area contributed by atoms with Crippen molar-refractivity contribution < 1.29 is 23.5 Å². The third kappa shape index (κ3) is 5.28. The molecule has 2 fully saturated rings. The van der Waals surface area contributed by atoms with Gasteiger partial charge in [-0.1, -0.05) is 54.2 Å². The van der Waals surface area contributed by atoms with E-state index in [9.17, 15) is 14.5 Å². The molecule has 0 spiro atoms. The van der Waals surface area contributed by atoms with Crippen molar-refractivity contribution in [3.63, 3.8) is 0 Å². The Morgan fingerprint density at radius 2 is 2.02 bits per heavy atom. The van der Waals surface area contributed by atoms with E-state index in [4.69, 9.17) is 30.4 Å². The van der Waals surface area contributed by atoms with Gasteiger partial charge in [0, 0.05) is 23.2 Å². The number of thioether (sulfide) groups is 1. The number of anilines is 2. The van der Waals surface area contributed by atoms with Crippen LogP contribution < -0.4 is 15.8 Å². The van der Waals surface area contributed by atoms with E-state index >= 15 is 0 Å². The molecule has 4 heterocycles. The fraction of sp³-hybridized carbons (Fsp3) is 0.280. The SMILES string of the molecule is CNc1c(N(CSc2ccc(Cl)cc2)C2OC3CO[P@@](=O)(S)OC3C2O)nc2[nH]c(-c3ccccc3)cn2c1=O. The first-order chi connectivity index (χ1) is 19.2. The molecular formula is C25H25ClN5O6PS2. The fourth-order valence-corrected chi connectivity index (χ4v) is 7.23. The van der Waals surface area contributed by atoms with E-state index in [1.54, 1.807) is 30.3 Å². The van der Waals surface area contributed by atoms with Crippen molar-refractivity contribution in [3.8, 4) is 11.3 Å². The fourth-order valence-electron chi connectivity index (χ4n) is 4.73. The molecule has 40 heavy (non-hydrogen) atoms. The molecule has 6 rings (SSSR count). The standard InChI is InChI=1S/C25H25ClN5O6PS2/c1-27-19-22(29-25-28-17(11-30(25)23(19)33)14-5-3-2-4-6-14)31(13-40-16-9-7-15(26)8-10-16)24-20(32)21-18(36-24)12-35-38(34,39)37-21/h2-11,18,20-21,24,27,32H,12-13H2,1H3,(H,28,29)(H,34,39)/t18?,20?,21?,24?,38-/m1/s1. The number of nitrogens with one attached hydrogen (secondary N) is 2. The smallest absolute Gasteiger partial charge is 0.386 e. The molecule has 15 heteroatoms. The number of hydrogen-bond donors (Lipinski definition) is 4. The summed E-state index contributed by atoms with van der Waals surface area (Å²) in [5, 5.41) is 14.9. The number of aromatic amines is 1. The Labute approximate surface area is 243 Å². The molecule has 0 amide bonds. The minimum Gasteiger partial charge on any atom is -0.386 e. The number of H-pyrrole nitrogens is 1. The number of imidazole rings is 1. The van der Waals surface area contributed by atoms with Crippen LogP contribution in [-0.4, -0.2) is 63.5 Å². The highest BCUT2D eigenvalue weighted by Gasteiger charge is 2.53. The van der Waals surface area contributed by atoms with Gasteiger partial charge in [0.25, 0.3) is 5.56 Å². The van der Waals surface area contributed by atoms with E-state index in [1.807, 2.05) is 42.5 Å².